The van der Waals surface area contributed by atoms with Gasteiger partial charge in [-0.3, -0.25) is 24.7 Å². The number of hydrogen-bond acceptors (Lipinski definition) is 9. The molecule has 1 rings (SSSR count). The number of aromatic nitrogens is 1. The van der Waals surface area contributed by atoms with Gasteiger partial charge in [0.2, 0.25) is 5.91 Å². The molecular formula is C27H42N6O6. The van der Waals surface area contributed by atoms with Gasteiger partial charge in [-0.1, -0.05) is 13.8 Å². The van der Waals surface area contributed by atoms with Gasteiger partial charge in [-0.05, 0) is 66.0 Å². The Balaban J connectivity index is 2.90. The zero-order valence-corrected chi connectivity index (χ0v) is 24.1. The summed E-state index contributed by atoms with van der Waals surface area (Å²) in [6, 6.07) is 2.34. The van der Waals surface area contributed by atoms with Crippen molar-refractivity contribution in [2.45, 2.75) is 79.9 Å². The first kappa shape index (κ1) is 33.1. The Labute approximate surface area is 230 Å². The first-order valence-electron chi connectivity index (χ1n) is 12.9. The molecule has 0 bridgehead atoms. The monoisotopic (exact) mass is 546 g/mol. The molecule has 0 aliphatic carbocycles. The summed E-state index contributed by atoms with van der Waals surface area (Å²) in [6.07, 6.45) is 1.40. The van der Waals surface area contributed by atoms with Crippen LogP contribution in [0.4, 0.5) is 16.3 Å². The Morgan fingerprint density at radius 3 is 2.31 bits per heavy atom. The quantitative estimate of drug-likeness (QED) is 0.134. The van der Waals surface area contributed by atoms with E-state index in [1.165, 1.54) is 6.20 Å². The fourth-order valence-electron chi connectivity index (χ4n) is 3.35. The number of carbonyl (C=O) groups is 4. The van der Waals surface area contributed by atoms with Gasteiger partial charge in [0.05, 0.1) is 29.8 Å². The van der Waals surface area contributed by atoms with Crippen LogP contribution in [0, 0.1) is 5.92 Å². The van der Waals surface area contributed by atoms with Crippen LogP contribution >= 0.6 is 0 Å². The van der Waals surface area contributed by atoms with E-state index in [0.29, 0.717) is 24.4 Å². The molecule has 12 heteroatoms. The van der Waals surface area contributed by atoms with Crippen molar-refractivity contribution in [1.82, 2.24) is 15.6 Å². The highest BCUT2D eigenvalue weighted by Crippen LogP contribution is 2.17. The van der Waals surface area contributed by atoms with Crippen LogP contribution in [-0.4, -0.2) is 59.4 Å². The summed E-state index contributed by atoms with van der Waals surface area (Å²) >= 11 is 0. The lowest BCUT2D eigenvalue weighted by Gasteiger charge is -2.23. The number of nitrogens with one attached hydrogen (secondary N) is 3. The van der Waals surface area contributed by atoms with Gasteiger partial charge in [-0.25, -0.2) is 9.78 Å². The summed E-state index contributed by atoms with van der Waals surface area (Å²) in [6.45, 7) is 14.4. The Hall–Kier alpha value is -3.96. The van der Waals surface area contributed by atoms with Gasteiger partial charge in [-0.2, -0.15) is 0 Å². The van der Waals surface area contributed by atoms with E-state index in [2.05, 4.69) is 25.9 Å². The SMILES string of the molecule is CCOC(=O)CCCNC(=O)[C@@H](NC(=O)/C(C(C)=Nc1ccc(NC(=O)OC(C)(C)C)nc1)=C(\C)N)C(C)C. The number of anilines is 1. The van der Waals surface area contributed by atoms with Crippen molar-refractivity contribution in [2.24, 2.45) is 16.6 Å². The highest BCUT2D eigenvalue weighted by molar-refractivity contribution is 6.22. The number of esters is 1. The van der Waals surface area contributed by atoms with Crippen molar-refractivity contribution >= 4 is 41.1 Å². The minimum Gasteiger partial charge on any atom is -0.466 e. The van der Waals surface area contributed by atoms with E-state index in [4.69, 9.17) is 15.2 Å². The normalized spacial score (nSPS) is 13.2. The number of nitrogens with zero attached hydrogens (tertiary/aromatic N) is 2. The molecule has 1 aromatic rings. The molecule has 0 saturated carbocycles. The van der Waals surface area contributed by atoms with Gasteiger partial charge >= 0.3 is 12.1 Å². The number of carbonyl (C=O) groups excluding carboxylic acids is 4. The van der Waals surface area contributed by atoms with Gasteiger partial charge in [0.15, 0.2) is 0 Å². The number of amides is 3. The average Bonchev–Trinajstić information content (AvgIpc) is 2.80. The predicted molar refractivity (Wildman–Crippen MR) is 149 cm³/mol. The van der Waals surface area contributed by atoms with E-state index < -0.39 is 23.6 Å². The van der Waals surface area contributed by atoms with Crippen LogP contribution in [0.2, 0.25) is 0 Å². The van der Waals surface area contributed by atoms with Gasteiger partial charge in [-0.15, -0.1) is 0 Å². The van der Waals surface area contributed by atoms with E-state index in [-0.39, 0.29) is 47.8 Å². The Morgan fingerprint density at radius 1 is 1.13 bits per heavy atom. The van der Waals surface area contributed by atoms with Crippen LogP contribution in [0.3, 0.4) is 0 Å². The molecule has 1 heterocycles. The second-order valence-electron chi connectivity index (χ2n) is 10.2. The molecule has 0 radical (unpaired) electrons. The minimum absolute atomic E-state index is 0.131. The lowest BCUT2D eigenvalue weighted by Crippen LogP contribution is -2.50. The molecule has 1 aromatic heterocycles. The number of hydrogen-bond donors (Lipinski definition) is 4. The summed E-state index contributed by atoms with van der Waals surface area (Å²) < 4.78 is 10.1. The highest BCUT2D eigenvalue weighted by Gasteiger charge is 2.27. The fourth-order valence-corrected chi connectivity index (χ4v) is 3.35. The van der Waals surface area contributed by atoms with Crippen LogP contribution in [0.25, 0.3) is 0 Å². The standard InChI is InChI=1S/C27H42N6O6/c1-9-38-21(34)11-10-14-29-25(36)23(16(2)3)33-24(35)22(17(4)28)18(5)31-19-12-13-20(30-15-19)32-26(37)39-27(6,7)8/h12-13,15-16,23H,9-11,14,28H2,1-8H3,(H,29,36)(H,33,35)(H,30,32,37)/b22-17+,31-18?/t23-/m0/s1. The minimum atomic E-state index is -0.831. The molecule has 0 spiro atoms. The number of allylic oxidation sites excluding steroid dienone is 1. The number of ether oxygens (including phenoxy) is 2. The zero-order valence-electron chi connectivity index (χ0n) is 24.1. The molecule has 39 heavy (non-hydrogen) atoms. The van der Waals surface area contributed by atoms with Crippen molar-refractivity contribution in [2.75, 3.05) is 18.5 Å². The summed E-state index contributed by atoms with van der Waals surface area (Å²) in [5.41, 5.74) is 6.47. The number of pyridine rings is 1. The second kappa shape index (κ2) is 15.5. The molecule has 0 aliphatic rings. The maximum atomic E-state index is 13.2. The first-order valence-corrected chi connectivity index (χ1v) is 12.9. The van der Waals surface area contributed by atoms with Crippen molar-refractivity contribution in [3.05, 3.63) is 29.6 Å². The third-order valence-electron chi connectivity index (χ3n) is 5.05. The topological polar surface area (TPSA) is 174 Å². The molecule has 0 fully saturated rings. The summed E-state index contributed by atoms with van der Waals surface area (Å²) in [7, 11) is 0. The van der Waals surface area contributed by atoms with Gasteiger partial charge in [0.1, 0.15) is 17.5 Å². The van der Waals surface area contributed by atoms with Gasteiger partial charge < -0.3 is 25.8 Å². The van der Waals surface area contributed by atoms with Crippen molar-refractivity contribution in [1.29, 1.82) is 0 Å². The molecule has 3 amide bonds. The Bertz CT molecular complexity index is 1070. The molecule has 12 nitrogen and oxygen atoms in total. The van der Waals surface area contributed by atoms with E-state index in [0.717, 1.165) is 0 Å². The molecule has 0 saturated heterocycles. The molecule has 1 atom stereocenters. The van der Waals surface area contributed by atoms with Crippen LogP contribution in [0.15, 0.2) is 34.6 Å². The van der Waals surface area contributed by atoms with Gasteiger partial charge in [0, 0.05) is 18.7 Å². The summed E-state index contributed by atoms with van der Waals surface area (Å²) in [5, 5.41) is 8.03. The lowest BCUT2D eigenvalue weighted by atomic mass is 10.0. The molecule has 216 valence electrons. The summed E-state index contributed by atoms with van der Waals surface area (Å²) in [5.74, 6) is -1.19. The highest BCUT2D eigenvalue weighted by atomic mass is 16.6. The van der Waals surface area contributed by atoms with Crippen LogP contribution < -0.4 is 21.7 Å². The Morgan fingerprint density at radius 2 is 1.79 bits per heavy atom. The fraction of sp³-hybridized carbons (Fsp3) is 0.556. The summed E-state index contributed by atoms with van der Waals surface area (Å²) in [4.78, 5) is 57.9. The molecule has 5 N–H and O–H groups in total. The molecule has 0 aromatic carbocycles. The lowest BCUT2D eigenvalue weighted by molar-refractivity contribution is -0.143. The van der Waals surface area contributed by atoms with E-state index >= 15 is 0 Å². The van der Waals surface area contributed by atoms with E-state index in [9.17, 15) is 19.2 Å². The third-order valence-corrected chi connectivity index (χ3v) is 5.05. The number of aliphatic imine (C=N–C) groups is 1. The number of nitrogens with two attached hydrogens (primary N) is 1. The van der Waals surface area contributed by atoms with Crippen molar-refractivity contribution in [3.63, 3.8) is 0 Å². The maximum Gasteiger partial charge on any atom is 0.413 e. The maximum absolute atomic E-state index is 13.2. The van der Waals surface area contributed by atoms with Crippen LogP contribution in [0.5, 0.6) is 0 Å². The largest absolute Gasteiger partial charge is 0.466 e. The Kier molecular flexibility index (Phi) is 13.1. The third kappa shape index (κ3) is 12.4. The smallest absolute Gasteiger partial charge is 0.413 e. The van der Waals surface area contributed by atoms with E-state index in [1.807, 2.05) is 0 Å². The van der Waals surface area contributed by atoms with Gasteiger partial charge in [0.25, 0.3) is 5.91 Å². The average molecular weight is 547 g/mol. The van der Waals surface area contributed by atoms with Crippen LogP contribution in [-0.2, 0) is 23.9 Å². The molecule has 0 aliphatic heterocycles. The zero-order chi connectivity index (χ0) is 29.8. The molecule has 0 unspecified atom stereocenters. The first-order chi connectivity index (χ1) is 18.1. The van der Waals surface area contributed by atoms with Crippen molar-refractivity contribution < 1.29 is 28.7 Å². The van der Waals surface area contributed by atoms with Crippen molar-refractivity contribution in [3.8, 4) is 0 Å². The second-order valence-corrected chi connectivity index (χ2v) is 10.2. The van der Waals surface area contributed by atoms with Crippen LogP contribution in [0.1, 0.15) is 68.2 Å². The molecular weight excluding hydrogens is 504 g/mol. The van der Waals surface area contributed by atoms with E-state index in [1.54, 1.807) is 67.5 Å². The predicted octanol–water partition coefficient (Wildman–Crippen LogP) is 3.35. The number of rotatable bonds is 12.